The molecular formula is C10H11ClS. The fourth-order valence-corrected chi connectivity index (χ4v) is 1.60. The Hall–Kier alpha value is -0.450. The Kier molecular flexibility index (Phi) is 4.21. The molecular weight excluding hydrogens is 188 g/mol. The monoisotopic (exact) mass is 198 g/mol. The molecule has 0 aliphatic carbocycles. The number of alkyl halides is 1. The van der Waals surface area contributed by atoms with Crippen LogP contribution in [0.5, 0.6) is 0 Å². The maximum Gasteiger partial charge on any atom is 0.0354 e. The van der Waals surface area contributed by atoms with Gasteiger partial charge in [-0.3, -0.25) is 0 Å². The van der Waals surface area contributed by atoms with Gasteiger partial charge in [0.1, 0.15) is 0 Å². The van der Waals surface area contributed by atoms with Crippen molar-refractivity contribution in [2.75, 3.05) is 5.88 Å². The smallest absolute Gasteiger partial charge is 0.0354 e. The van der Waals surface area contributed by atoms with Gasteiger partial charge < -0.3 is 0 Å². The largest absolute Gasteiger partial charge is 0.148 e. The third-order valence-electron chi connectivity index (χ3n) is 1.40. The van der Waals surface area contributed by atoms with E-state index < -0.39 is 0 Å². The summed E-state index contributed by atoms with van der Waals surface area (Å²) in [5.74, 6) is 6.90. The molecule has 0 aliphatic heterocycles. The van der Waals surface area contributed by atoms with Gasteiger partial charge >= 0.3 is 0 Å². The minimum atomic E-state index is 0.706. The number of thiophene rings is 1. The van der Waals surface area contributed by atoms with E-state index >= 15 is 0 Å². The second kappa shape index (κ2) is 5.24. The van der Waals surface area contributed by atoms with E-state index in [0.717, 1.165) is 18.4 Å². The van der Waals surface area contributed by atoms with Gasteiger partial charge in [-0.05, 0) is 19.4 Å². The number of hydrogen-bond donors (Lipinski definition) is 0. The van der Waals surface area contributed by atoms with Crippen molar-refractivity contribution in [3.05, 3.63) is 21.9 Å². The first-order valence-corrected chi connectivity index (χ1v) is 5.34. The molecule has 0 unspecified atom stereocenters. The number of halogens is 1. The van der Waals surface area contributed by atoms with E-state index in [0.29, 0.717) is 5.88 Å². The zero-order valence-electron chi connectivity index (χ0n) is 7.06. The summed E-state index contributed by atoms with van der Waals surface area (Å²) < 4.78 is 0. The number of unbranched alkanes of at least 4 members (excludes halogenated alkanes) is 1. The Balaban J connectivity index is 2.43. The average molecular weight is 199 g/mol. The first-order chi connectivity index (χ1) is 5.83. The molecule has 0 bridgehead atoms. The molecule has 0 aromatic carbocycles. The molecule has 12 heavy (non-hydrogen) atoms. The van der Waals surface area contributed by atoms with Crippen molar-refractivity contribution < 1.29 is 0 Å². The lowest BCUT2D eigenvalue weighted by molar-refractivity contribution is 0.991. The number of hydrogen-bond acceptors (Lipinski definition) is 1. The van der Waals surface area contributed by atoms with Crippen molar-refractivity contribution in [1.82, 2.24) is 0 Å². The number of rotatable bonds is 2. The molecule has 0 amide bonds. The summed E-state index contributed by atoms with van der Waals surface area (Å²) >= 11 is 7.26. The van der Waals surface area contributed by atoms with Gasteiger partial charge in [-0.1, -0.05) is 11.8 Å². The molecule has 1 rings (SSSR count). The first kappa shape index (κ1) is 9.64. The summed E-state index contributed by atoms with van der Waals surface area (Å²) in [6.45, 7) is 2.09. The maximum absolute atomic E-state index is 5.52. The van der Waals surface area contributed by atoms with Crippen LogP contribution in [-0.4, -0.2) is 5.88 Å². The van der Waals surface area contributed by atoms with Crippen LogP contribution in [0.2, 0.25) is 0 Å². The molecule has 0 atom stereocenters. The highest BCUT2D eigenvalue weighted by molar-refractivity contribution is 7.10. The van der Waals surface area contributed by atoms with Crippen molar-refractivity contribution in [2.45, 2.75) is 19.8 Å². The molecule has 0 saturated heterocycles. The third-order valence-corrected chi connectivity index (χ3v) is 2.53. The fraction of sp³-hybridized carbons (Fsp3) is 0.400. The van der Waals surface area contributed by atoms with Crippen LogP contribution in [-0.2, 0) is 0 Å². The molecule has 0 spiro atoms. The van der Waals surface area contributed by atoms with Crippen LogP contribution in [0.1, 0.15) is 23.3 Å². The lowest BCUT2D eigenvalue weighted by Crippen LogP contribution is -1.71. The van der Waals surface area contributed by atoms with Gasteiger partial charge in [-0.2, -0.15) is 0 Å². The highest BCUT2D eigenvalue weighted by Gasteiger charge is 1.89. The molecule has 1 aromatic heterocycles. The Morgan fingerprint density at radius 3 is 3.00 bits per heavy atom. The molecule has 0 aliphatic rings. The zero-order chi connectivity index (χ0) is 8.81. The van der Waals surface area contributed by atoms with Crippen LogP contribution in [0.25, 0.3) is 0 Å². The third kappa shape index (κ3) is 3.30. The quantitative estimate of drug-likeness (QED) is 0.388. The Morgan fingerprint density at radius 1 is 1.58 bits per heavy atom. The van der Waals surface area contributed by atoms with Crippen LogP contribution in [0.4, 0.5) is 0 Å². The molecule has 0 fully saturated rings. The Morgan fingerprint density at radius 2 is 2.42 bits per heavy atom. The van der Waals surface area contributed by atoms with E-state index in [2.05, 4.69) is 30.2 Å². The highest BCUT2D eigenvalue weighted by Crippen LogP contribution is 2.11. The lowest BCUT2D eigenvalue weighted by Gasteiger charge is -1.81. The van der Waals surface area contributed by atoms with Gasteiger partial charge in [-0.25, -0.2) is 0 Å². The van der Waals surface area contributed by atoms with Crippen LogP contribution >= 0.6 is 22.9 Å². The minimum absolute atomic E-state index is 0.706. The first-order valence-electron chi connectivity index (χ1n) is 3.93. The predicted molar refractivity (Wildman–Crippen MR) is 55.9 cm³/mol. The fourth-order valence-electron chi connectivity index (χ4n) is 0.829. The molecule has 64 valence electrons. The zero-order valence-corrected chi connectivity index (χ0v) is 8.63. The second-order valence-corrected chi connectivity index (χ2v) is 4.03. The normalized spacial score (nSPS) is 9.17. The van der Waals surface area contributed by atoms with Crippen molar-refractivity contribution in [1.29, 1.82) is 0 Å². The SMILES string of the molecule is Cc1cc(C#CCCCCl)cs1. The summed E-state index contributed by atoms with van der Waals surface area (Å²) in [5.41, 5.74) is 1.13. The van der Waals surface area contributed by atoms with Gasteiger partial charge in [0.15, 0.2) is 0 Å². The summed E-state index contributed by atoms with van der Waals surface area (Å²) in [4.78, 5) is 1.32. The van der Waals surface area contributed by atoms with Gasteiger partial charge in [0.25, 0.3) is 0 Å². The van der Waals surface area contributed by atoms with E-state index in [9.17, 15) is 0 Å². The van der Waals surface area contributed by atoms with Crippen LogP contribution in [0.3, 0.4) is 0 Å². The minimum Gasteiger partial charge on any atom is -0.148 e. The highest BCUT2D eigenvalue weighted by atomic mass is 35.5. The second-order valence-electron chi connectivity index (χ2n) is 2.54. The summed E-state index contributed by atoms with van der Waals surface area (Å²) in [5, 5.41) is 2.09. The van der Waals surface area contributed by atoms with Crippen molar-refractivity contribution in [2.24, 2.45) is 0 Å². The molecule has 0 N–H and O–H groups in total. The van der Waals surface area contributed by atoms with Crippen LogP contribution in [0, 0.1) is 18.8 Å². The summed E-state index contributed by atoms with van der Waals surface area (Å²) in [7, 11) is 0. The number of aryl methyl sites for hydroxylation is 1. The topological polar surface area (TPSA) is 0 Å². The standard InChI is InChI=1S/C10H11ClS/c1-9-7-10(8-12-9)5-3-2-4-6-11/h7-8H,2,4,6H2,1H3. The maximum atomic E-state index is 5.52. The van der Waals surface area contributed by atoms with Gasteiger partial charge in [0.2, 0.25) is 0 Å². The van der Waals surface area contributed by atoms with Gasteiger partial charge in [-0.15, -0.1) is 22.9 Å². The van der Waals surface area contributed by atoms with Gasteiger partial charge in [0, 0.05) is 28.1 Å². The van der Waals surface area contributed by atoms with E-state index in [1.54, 1.807) is 11.3 Å². The summed E-state index contributed by atoms with van der Waals surface area (Å²) in [6.07, 6.45) is 1.88. The lowest BCUT2D eigenvalue weighted by atomic mass is 10.3. The summed E-state index contributed by atoms with van der Waals surface area (Å²) in [6, 6.07) is 2.11. The van der Waals surface area contributed by atoms with Crippen molar-refractivity contribution >= 4 is 22.9 Å². The van der Waals surface area contributed by atoms with Gasteiger partial charge in [0.05, 0.1) is 0 Å². The molecule has 1 aromatic rings. The Labute approximate surface area is 82.6 Å². The van der Waals surface area contributed by atoms with E-state index in [1.807, 2.05) is 0 Å². The predicted octanol–water partition coefficient (Wildman–Crippen LogP) is 3.43. The Bertz CT molecular complexity index is 290. The van der Waals surface area contributed by atoms with E-state index in [1.165, 1.54) is 4.88 Å². The van der Waals surface area contributed by atoms with E-state index in [4.69, 9.17) is 11.6 Å². The van der Waals surface area contributed by atoms with Crippen LogP contribution < -0.4 is 0 Å². The molecule has 2 heteroatoms. The molecule has 1 heterocycles. The average Bonchev–Trinajstić information content (AvgIpc) is 2.45. The molecule has 0 saturated carbocycles. The van der Waals surface area contributed by atoms with Crippen molar-refractivity contribution in [3.8, 4) is 11.8 Å². The molecule has 0 radical (unpaired) electrons. The van der Waals surface area contributed by atoms with Crippen molar-refractivity contribution in [3.63, 3.8) is 0 Å². The van der Waals surface area contributed by atoms with E-state index in [-0.39, 0.29) is 0 Å². The molecule has 0 nitrogen and oxygen atoms in total. The van der Waals surface area contributed by atoms with Crippen LogP contribution in [0.15, 0.2) is 11.4 Å².